The van der Waals surface area contributed by atoms with E-state index in [-0.39, 0.29) is 12.0 Å². The van der Waals surface area contributed by atoms with E-state index in [9.17, 15) is 9.35 Å². The number of benzene rings is 3. The Kier molecular flexibility index (Phi) is 11.0. The van der Waals surface area contributed by atoms with Gasteiger partial charge in [-0.3, -0.25) is 4.79 Å². The third-order valence-corrected chi connectivity index (χ3v) is 8.88. The third-order valence-electron chi connectivity index (χ3n) is 8.07. The quantitative estimate of drug-likeness (QED) is 0.129. The lowest BCUT2D eigenvalue weighted by Crippen LogP contribution is -2.48. The molecule has 3 atom stereocenters. The van der Waals surface area contributed by atoms with Crippen LogP contribution in [0.5, 0.6) is 5.88 Å². The highest BCUT2D eigenvalue weighted by Crippen LogP contribution is 2.41. The number of hydrogen-bond donors (Lipinski definition) is 1. The fourth-order valence-corrected chi connectivity index (χ4v) is 6.39. The summed E-state index contributed by atoms with van der Waals surface area (Å²) < 4.78 is 19.3. The molecule has 3 aromatic carbocycles. The molecule has 0 radical (unpaired) electrons. The first-order valence-corrected chi connectivity index (χ1v) is 16.5. The summed E-state index contributed by atoms with van der Waals surface area (Å²) in [6.07, 6.45) is 5.67. The smallest absolute Gasteiger partial charge is 0.248 e. The predicted molar refractivity (Wildman–Crippen MR) is 173 cm³/mol. The van der Waals surface area contributed by atoms with Crippen LogP contribution >= 0.6 is 0 Å². The molecule has 222 valence electrons. The molecule has 1 heterocycles. The van der Waals surface area contributed by atoms with E-state index < -0.39 is 17.1 Å². The molecule has 1 amide bonds. The molecule has 4 rings (SSSR count). The third kappa shape index (κ3) is 8.12. The van der Waals surface area contributed by atoms with E-state index in [4.69, 9.17) is 15.5 Å². The summed E-state index contributed by atoms with van der Waals surface area (Å²) in [7, 11) is 4.44. The largest absolute Gasteiger partial charge is 0.617 e. The van der Waals surface area contributed by atoms with Crippen LogP contribution in [0.15, 0.2) is 84.9 Å². The first kappa shape index (κ1) is 31.5. The van der Waals surface area contributed by atoms with Crippen molar-refractivity contribution in [3.05, 3.63) is 107 Å². The zero-order valence-electron chi connectivity index (χ0n) is 25.3. The number of fused-ring (bicyclic) bond motifs is 1. The van der Waals surface area contributed by atoms with E-state index in [0.717, 1.165) is 54.3 Å². The van der Waals surface area contributed by atoms with Crippen LogP contribution in [0.2, 0.25) is 0 Å². The van der Waals surface area contributed by atoms with E-state index in [1.807, 2.05) is 24.3 Å². The normalized spacial score (nSPS) is 13.9. The fraction of sp³-hybridized carbons (Fsp3) is 0.371. The number of unbranched alkanes of at least 4 members (excludes halogenated alkanes) is 1. The van der Waals surface area contributed by atoms with Crippen molar-refractivity contribution in [2.75, 3.05) is 39.3 Å². The van der Waals surface area contributed by atoms with Crippen LogP contribution in [0, 0.1) is 0 Å². The summed E-state index contributed by atoms with van der Waals surface area (Å²) in [4.78, 5) is 16.7. The molecular formula is C35H44N3O3S+. The lowest BCUT2D eigenvalue weighted by Gasteiger charge is -2.42. The van der Waals surface area contributed by atoms with Crippen molar-refractivity contribution in [3.8, 4) is 5.88 Å². The van der Waals surface area contributed by atoms with Crippen LogP contribution < -0.4 is 10.5 Å². The maximum atomic E-state index is 12.3. The topological polar surface area (TPSA) is 88.3 Å². The molecule has 0 fully saturated rings. The van der Waals surface area contributed by atoms with Crippen molar-refractivity contribution in [2.24, 2.45) is 5.73 Å². The van der Waals surface area contributed by atoms with E-state index in [0.29, 0.717) is 28.3 Å². The number of hydrogen-bond acceptors (Lipinski definition) is 4. The molecule has 0 aliphatic rings. The number of nitrogens with two attached hydrogens (primary N) is 1. The number of ether oxygens (including phenoxy) is 1. The minimum absolute atomic E-state index is 0.0158. The maximum absolute atomic E-state index is 12.3. The zero-order chi connectivity index (χ0) is 30.1. The Bertz CT molecular complexity index is 1440. The highest BCUT2D eigenvalue weighted by atomic mass is 32.2. The van der Waals surface area contributed by atoms with E-state index in [2.05, 4.69) is 69.6 Å². The molecule has 0 spiro atoms. The van der Waals surface area contributed by atoms with Crippen LogP contribution in [0.3, 0.4) is 0 Å². The van der Waals surface area contributed by atoms with Gasteiger partial charge in [0.25, 0.3) is 0 Å². The first-order chi connectivity index (χ1) is 20.2. The monoisotopic (exact) mass is 586 g/mol. The molecule has 0 aliphatic heterocycles. The Morgan fingerprint density at radius 3 is 2.36 bits per heavy atom. The van der Waals surface area contributed by atoms with Crippen molar-refractivity contribution in [3.63, 3.8) is 0 Å². The lowest BCUT2D eigenvalue weighted by atomic mass is 9.83. The van der Waals surface area contributed by atoms with Gasteiger partial charge in [-0.1, -0.05) is 85.2 Å². The number of pyridine rings is 1. The van der Waals surface area contributed by atoms with Crippen molar-refractivity contribution in [1.29, 1.82) is 0 Å². The van der Waals surface area contributed by atoms with Crippen LogP contribution in [0.4, 0.5) is 0 Å². The summed E-state index contributed by atoms with van der Waals surface area (Å²) in [6, 6.07) is 28.5. The minimum Gasteiger partial charge on any atom is -0.617 e. The molecule has 4 aromatic rings. The second kappa shape index (κ2) is 14.7. The Hall–Kier alpha value is -3.39. The van der Waals surface area contributed by atoms with Gasteiger partial charge in [-0.25, -0.2) is 4.98 Å². The van der Waals surface area contributed by atoms with Gasteiger partial charge in [-0.15, -0.1) is 0 Å². The summed E-state index contributed by atoms with van der Waals surface area (Å²) in [5.74, 6) is 0.942. The van der Waals surface area contributed by atoms with Gasteiger partial charge in [0.1, 0.15) is 24.9 Å². The molecule has 6 nitrogen and oxygen atoms in total. The van der Waals surface area contributed by atoms with Gasteiger partial charge in [0.2, 0.25) is 11.8 Å². The molecule has 1 aromatic heterocycles. The van der Waals surface area contributed by atoms with Crippen molar-refractivity contribution < 1.29 is 18.6 Å². The lowest BCUT2D eigenvalue weighted by molar-refractivity contribution is -0.923. The number of amides is 1. The van der Waals surface area contributed by atoms with Crippen molar-refractivity contribution >= 4 is 27.9 Å². The zero-order valence-corrected chi connectivity index (χ0v) is 26.1. The number of quaternary nitrogens is 1. The second-order valence-electron chi connectivity index (χ2n) is 11.6. The molecule has 42 heavy (non-hydrogen) atoms. The van der Waals surface area contributed by atoms with E-state index in [1.165, 1.54) is 5.56 Å². The molecule has 0 aliphatic carbocycles. The Morgan fingerprint density at radius 1 is 1.00 bits per heavy atom. The van der Waals surface area contributed by atoms with Gasteiger partial charge in [0, 0.05) is 34.5 Å². The SMILES string of the molecule is CCCCc1cc2ccccc2c(OCC[N+](C)(C)C(c2ccc(C(N)=O)cc2)C(CC[S+](C)[O-])c2ccccc2)n1. The molecule has 7 heteroatoms. The Labute approximate surface area is 253 Å². The number of primary amides is 1. The molecular weight excluding hydrogens is 542 g/mol. The van der Waals surface area contributed by atoms with Gasteiger partial charge in [-0.2, -0.15) is 0 Å². The molecule has 2 N–H and O–H groups in total. The van der Waals surface area contributed by atoms with Gasteiger partial charge < -0.3 is 19.5 Å². The molecule has 0 saturated heterocycles. The first-order valence-electron chi connectivity index (χ1n) is 14.8. The molecule has 0 bridgehead atoms. The Balaban J connectivity index is 1.66. The predicted octanol–water partition coefficient (Wildman–Crippen LogP) is 6.43. The number of carbonyl (C=O) groups excluding carboxylic acids is 1. The number of aromatic nitrogens is 1. The number of nitrogens with zero attached hydrogens (tertiary/aromatic N) is 2. The van der Waals surface area contributed by atoms with Crippen molar-refractivity contribution in [2.45, 2.75) is 44.6 Å². The average Bonchev–Trinajstić information content (AvgIpc) is 2.98. The van der Waals surface area contributed by atoms with Gasteiger partial charge in [-0.05, 0) is 48.1 Å². The number of likely N-dealkylation sites (N-methyl/N-ethyl adjacent to an activating group) is 1. The fourth-order valence-electron chi connectivity index (χ4n) is 5.80. The summed E-state index contributed by atoms with van der Waals surface area (Å²) in [5, 5.41) is 2.17. The average molecular weight is 587 g/mol. The van der Waals surface area contributed by atoms with E-state index in [1.54, 1.807) is 18.4 Å². The number of carbonyl (C=O) groups is 1. The minimum atomic E-state index is -0.919. The highest BCUT2D eigenvalue weighted by Gasteiger charge is 2.38. The second-order valence-corrected chi connectivity index (χ2v) is 13.2. The summed E-state index contributed by atoms with van der Waals surface area (Å²) >= 11 is -0.919. The summed E-state index contributed by atoms with van der Waals surface area (Å²) in [6.45, 7) is 3.39. The molecule has 3 unspecified atom stereocenters. The van der Waals surface area contributed by atoms with Crippen LogP contribution in [0.25, 0.3) is 10.8 Å². The van der Waals surface area contributed by atoms with Gasteiger partial charge in [0.05, 0.1) is 20.4 Å². The van der Waals surface area contributed by atoms with Crippen LogP contribution in [0.1, 0.15) is 65.3 Å². The molecule has 0 saturated carbocycles. The summed E-state index contributed by atoms with van der Waals surface area (Å²) in [5.41, 5.74) is 9.41. The van der Waals surface area contributed by atoms with Crippen molar-refractivity contribution in [1.82, 2.24) is 4.98 Å². The number of rotatable bonds is 15. The maximum Gasteiger partial charge on any atom is 0.248 e. The van der Waals surface area contributed by atoms with Gasteiger partial charge >= 0.3 is 0 Å². The van der Waals surface area contributed by atoms with E-state index >= 15 is 0 Å². The standard InChI is InChI=1S/C35H43N3O3S/c1-5-6-15-30-25-29-14-10-11-16-32(29)35(37-30)41-23-22-38(2,3)33(27-17-19-28(20-18-27)34(36)39)31(21-24-42(4)40)26-12-8-7-9-13-26/h7-14,16-20,25,31,33H,5-6,15,21-24H2,1-4H3,(H-,36,39)/p+1. The van der Waals surface area contributed by atoms with Crippen LogP contribution in [-0.2, 0) is 17.6 Å². The van der Waals surface area contributed by atoms with Crippen LogP contribution in [-0.4, -0.2) is 59.2 Å². The highest BCUT2D eigenvalue weighted by molar-refractivity contribution is 7.90. The number of aryl methyl sites for hydroxylation is 1. The van der Waals surface area contributed by atoms with Gasteiger partial charge in [0.15, 0.2) is 0 Å². The Morgan fingerprint density at radius 2 is 1.69 bits per heavy atom.